The lowest BCUT2D eigenvalue weighted by molar-refractivity contribution is -0.117. The molecule has 0 saturated carbocycles. The van der Waals surface area contributed by atoms with Crippen LogP contribution in [0.2, 0.25) is 0 Å². The van der Waals surface area contributed by atoms with Crippen LogP contribution in [0, 0.1) is 0 Å². The van der Waals surface area contributed by atoms with Crippen LogP contribution in [0.5, 0.6) is 0 Å². The van der Waals surface area contributed by atoms with Crippen molar-refractivity contribution in [2.45, 2.75) is 19.9 Å². The Hall–Kier alpha value is -3.34. The number of rotatable bonds is 5. The number of nitrogens with one attached hydrogen (secondary N) is 2. The molecule has 0 radical (unpaired) electrons. The van der Waals surface area contributed by atoms with Crippen molar-refractivity contribution in [2.24, 2.45) is 0 Å². The summed E-state index contributed by atoms with van der Waals surface area (Å²) in [5.41, 5.74) is 2.39. The third-order valence-electron chi connectivity index (χ3n) is 4.52. The van der Waals surface area contributed by atoms with Gasteiger partial charge in [-0.15, -0.1) is 0 Å². The van der Waals surface area contributed by atoms with Gasteiger partial charge in [0.15, 0.2) is 0 Å². The lowest BCUT2D eigenvalue weighted by Gasteiger charge is -2.18. The average Bonchev–Trinajstić information content (AvgIpc) is 2.67. The molecule has 5 heteroatoms. The van der Waals surface area contributed by atoms with Crippen molar-refractivity contribution in [3.8, 4) is 0 Å². The van der Waals surface area contributed by atoms with E-state index < -0.39 is 6.04 Å². The number of hydrogen-bond donors (Lipinski definition) is 2. The van der Waals surface area contributed by atoms with Gasteiger partial charge in [0.05, 0.1) is 0 Å². The number of amides is 2. The van der Waals surface area contributed by atoms with Crippen molar-refractivity contribution < 1.29 is 9.59 Å². The van der Waals surface area contributed by atoms with E-state index in [2.05, 4.69) is 10.6 Å². The molecule has 2 N–H and O–H groups in total. The fourth-order valence-corrected chi connectivity index (χ4v) is 2.80. The monoisotopic (exact) mass is 361 g/mol. The highest BCUT2D eigenvalue weighted by molar-refractivity contribution is 5.98. The second-order valence-electron chi connectivity index (χ2n) is 6.54. The van der Waals surface area contributed by atoms with E-state index in [1.54, 1.807) is 11.9 Å². The van der Waals surface area contributed by atoms with Crippen LogP contribution in [0.4, 0.5) is 17.1 Å². The molecule has 138 valence electrons. The smallest absolute Gasteiger partial charge is 0.246 e. The highest BCUT2D eigenvalue weighted by Crippen LogP contribution is 2.20. The maximum atomic E-state index is 12.5. The maximum absolute atomic E-state index is 12.5. The van der Waals surface area contributed by atoms with Crippen molar-refractivity contribution >= 4 is 39.6 Å². The second-order valence-corrected chi connectivity index (χ2v) is 6.54. The predicted octanol–water partition coefficient (Wildman–Crippen LogP) is 4.26. The van der Waals surface area contributed by atoms with Crippen LogP contribution in [0.3, 0.4) is 0 Å². The van der Waals surface area contributed by atoms with Gasteiger partial charge in [-0.25, -0.2) is 0 Å². The Morgan fingerprint density at radius 1 is 0.889 bits per heavy atom. The van der Waals surface area contributed by atoms with Crippen LogP contribution in [0.25, 0.3) is 10.8 Å². The Morgan fingerprint density at radius 3 is 2.19 bits per heavy atom. The number of hydrogen-bond acceptors (Lipinski definition) is 3. The molecule has 0 aliphatic carbocycles. The Bertz CT molecular complexity index is 967. The van der Waals surface area contributed by atoms with E-state index in [-0.39, 0.29) is 11.8 Å². The molecule has 0 aliphatic heterocycles. The van der Waals surface area contributed by atoms with Gasteiger partial charge in [0, 0.05) is 31.0 Å². The molecule has 3 aromatic carbocycles. The van der Waals surface area contributed by atoms with Crippen molar-refractivity contribution in [1.29, 1.82) is 0 Å². The molecule has 27 heavy (non-hydrogen) atoms. The Morgan fingerprint density at radius 2 is 1.52 bits per heavy atom. The summed E-state index contributed by atoms with van der Waals surface area (Å²) < 4.78 is 0. The topological polar surface area (TPSA) is 61.4 Å². The zero-order chi connectivity index (χ0) is 19.4. The molecule has 0 aromatic heterocycles. The second kappa shape index (κ2) is 7.91. The number of carbonyl (C=O) groups is 2. The molecule has 5 nitrogen and oxygen atoms in total. The number of fused-ring (bicyclic) bond motifs is 1. The number of benzene rings is 3. The number of carbonyl (C=O) groups excluding carboxylic acids is 2. The van der Waals surface area contributed by atoms with Crippen LogP contribution in [0.1, 0.15) is 13.8 Å². The molecule has 3 aromatic rings. The van der Waals surface area contributed by atoms with E-state index in [9.17, 15) is 9.59 Å². The SMILES string of the molecule is CC(=O)N(C)c1ccc(NC(C)C(=O)Nc2ccc3ccccc3c2)cc1. The van der Waals surface area contributed by atoms with Gasteiger partial charge in [-0.05, 0) is 54.1 Å². The summed E-state index contributed by atoms with van der Waals surface area (Å²) in [5.74, 6) is -0.144. The molecular formula is C22H23N3O2. The molecule has 2 amide bonds. The lowest BCUT2D eigenvalue weighted by Crippen LogP contribution is -2.31. The van der Waals surface area contributed by atoms with Gasteiger partial charge in [-0.2, -0.15) is 0 Å². The minimum absolute atomic E-state index is 0.0289. The van der Waals surface area contributed by atoms with Crippen LogP contribution < -0.4 is 15.5 Å². The molecule has 1 unspecified atom stereocenters. The first-order chi connectivity index (χ1) is 12.9. The fourth-order valence-electron chi connectivity index (χ4n) is 2.80. The van der Waals surface area contributed by atoms with Crippen molar-refractivity contribution in [3.05, 3.63) is 66.7 Å². The van der Waals surface area contributed by atoms with E-state index >= 15 is 0 Å². The minimum atomic E-state index is -0.409. The maximum Gasteiger partial charge on any atom is 0.246 e. The molecule has 0 spiro atoms. The van der Waals surface area contributed by atoms with Gasteiger partial charge in [-0.3, -0.25) is 9.59 Å². The fraction of sp³-hybridized carbons (Fsp3) is 0.182. The van der Waals surface area contributed by atoms with E-state index in [0.717, 1.165) is 27.8 Å². The summed E-state index contributed by atoms with van der Waals surface area (Å²) in [7, 11) is 1.73. The van der Waals surface area contributed by atoms with Crippen LogP contribution in [0.15, 0.2) is 66.7 Å². The molecule has 0 heterocycles. The van der Waals surface area contributed by atoms with Gasteiger partial charge in [-0.1, -0.05) is 30.3 Å². The van der Waals surface area contributed by atoms with Gasteiger partial charge in [0.1, 0.15) is 6.04 Å². The predicted molar refractivity (Wildman–Crippen MR) is 111 cm³/mol. The van der Waals surface area contributed by atoms with Crippen LogP contribution >= 0.6 is 0 Å². The van der Waals surface area contributed by atoms with Crippen molar-refractivity contribution in [1.82, 2.24) is 0 Å². The first-order valence-corrected chi connectivity index (χ1v) is 8.84. The molecule has 3 rings (SSSR count). The molecule has 1 atom stereocenters. The number of nitrogens with zero attached hydrogens (tertiary/aromatic N) is 1. The molecule has 0 aliphatic rings. The summed E-state index contributed by atoms with van der Waals surface area (Å²) in [5, 5.41) is 8.34. The molecule has 0 bridgehead atoms. The molecular weight excluding hydrogens is 338 g/mol. The van der Waals surface area contributed by atoms with E-state index in [1.807, 2.05) is 73.7 Å². The van der Waals surface area contributed by atoms with Crippen LogP contribution in [-0.4, -0.2) is 24.9 Å². The molecule has 0 saturated heterocycles. The standard InChI is InChI=1S/C22H23N3O2/c1-15(23-19-10-12-21(13-11-19)25(3)16(2)26)22(27)24-20-9-8-17-6-4-5-7-18(17)14-20/h4-15,23H,1-3H3,(H,24,27). The number of anilines is 3. The zero-order valence-electron chi connectivity index (χ0n) is 15.7. The first kappa shape index (κ1) is 18.5. The third-order valence-corrected chi connectivity index (χ3v) is 4.52. The van der Waals surface area contributed by atoms with E-state index in [0.29, 0.717) is 0 Å². The highest BCUT2D eigenvalue weighted by atomic mass is 16.2. The van der Waals surface area contributed by atoms with Gasteiger partial charge in [0.25, 0.3) is 0 Å². The Balaban J connectivity index is 1.63. The van der Waals surface area contributed by atoms with Gasteiger partial charge >= 0.3 is 0 Å². The summed E-state index contributed by atoms with van der Waals surface area (Å²) >= 11 is 0. The van der Waals surface area contributed by atoms with E-state index in [1.165, 1.54) is 6.92 Å². The van der Waals surface area contributed by atoms with Gasteiger partial charge < -0.3 is 15.5 Å². The quantitative estimate of drug-likeness (QED) is 0.714. The zero-order valence-corrected chi connectivity index (χ0v) is 15.7. The largest absolute Gasteiger partial charge is 0.374 e. The summed E-state index contributed by atoms with van der Waals surface area (Å²) in [4.78, 5) is 25.5. The highest BCUT2D eigenvalue weighted by Gasteiger charge is 2.13. The summed E-state index contributed by atoms with van der Waals surface area (Å²) in [6, 6.07) is 20.9. The minimum Gasteiger partial charge on any atom is -0.374 e. The Kier molecular flexibility index (Phi) is 5.41. The summed E-state index contributed by atoms with van der Waals surface area (Å²) in [6.07, 6.45) is 0. The third kappa shape index (κ3) is 4.44. The van der Waals surface area contributed by atoms with Crippen molar-refractivity contribution in [2.75, 3.05) is 22.6 Å². The molecule has 0 fully saturated rings. The normalized spacial score (nSPS) is 11.7. The first-order valence-electron chi connectivity index (χ1n) is 8.84. The lowest BCUT2D eigenvalue weighted by atomic mass is 10.1. The average molecular weight is 361 g/mol. The van der Waals surface area contributed by atoms with E-state index in [4.69, 9.17) is 0 Å². The van der Waals surface area contributed by atoms with Crippen molar-refractivity contribution in [3.63, 3.8) is 0 Å². The summed E-state index contributed by atoms with van der Waals surface area (Å²) in [6.45, 7) is 3.33. The Labute approximate surface area is 159 Å². The van der Waals surface area contributed by atoms with Crippen LogP contribution in [-0.2, 0) is 9.59 Å². The van der Waals surface area contributed by atoms with Gasteiger partial charge in [0.2, 0.25) is 11.8 Å².